The van der Waals surface area contributed by atoms with Crippen molar-refractivity contribution in [1.82, 2.24) is 5.43 Å². The number of hydrogen-bond donors (Lipinski definition) is 1. The molecule has 1 aromatic heterocycles. The van der Waals surface area contributed by atoms with Crippen LogP contribution in [-0.2, 0) is 0 Å². The number of furan rings is 1. The molecule has 0 unspecified atom stereocenters. The minimum Gasteiger partial charge on any atom is -0.455 e. The van der Waals surface area contributed by atoms with Gasteiger partial charge in [-0.15, -0.1) is 12.4 Å². The zero-order valence-corrected chi connectivity index (χ0v) is 15.1. The third kappa shape index (κ3) is 5.22. The summed E-state index contributed by atoms with van der Waals surface area (Å²) in [5, 5.41) is 4.22. The standard InChI is InChI=1S/C17H18BrN3O.ClH/c18-14-7-5-13(6-8-14)16-10-9-15(22-16)12-20-21-17-4-2-1-3-11-19-17;/h5-10,12H,1-4,11H2,(H,19,21);1H. The molecule has 3 rings (SSSR count). The van der Waals surface area contributed by atoms with Gasteiger partial charge in [0.2, 0.25) is 0 Å². The first-order valence-electron chi connectivity index (χ1n) is 7.49. The minimum atomic E-state index is 0. The molecule has 1 N–H and O–H groups in total. The summed E-state index contributed by atoms with van der Waals surface area (Å²) in [6, 6.07) is 11.9. The second-order valence-corrected chi connectivity index (χ2v) is 6.13. The van der Waals surface area contributed by atoms with Gasteiger partial charge < -0.3 is 4.42 Å². The lowest BCUT2D eigenvalue weighted by atomic mass is 10.2. The predicted molar refractivity (Wildman–Crippen MR) is 101 cm³/mol. The third-order valence-electron chi connectivity index (χ3n) is 3.52. The number of nitrogens with one attached hydrogen (secondary N) is 1. The van der Waals surface area contributed by atoms with Gasteiger partial charge in [-0.3, -0.25) is 10.4 Å². The van der Waals surface area contributed by atoms with Gasteiger partial charge in [-0.2, -0.15) is 5.10 Å². The summed E-state index contributed by atoms with van der Waals surface area (Å²) in [6.45, 7) is 0.895. The number of rotatable bonds is 3. The van der Waals surface area contributed by atoms with Crippen LogP contribution in [0, 0.1) is 0 Å². The predicted octanol–water partition coefficient (Wildman–Crippen LogP) is 5.03. The van der Waals surface area contributed by atoms with Gasteiger partial charge in [-0.25, -0.2) is 0 Å². The maximum atomic E-state index is 5.78. The van der Waals surface area contributed by atoms with Crippen molar-refractivity contribution < 1.29 is 4.42 Å². The van der Waals surface area contributed by atoms with E-state index >= 15 is 0 Å². The van der Waals surface area contributed by atoms with Crippen LogP contribution in [0.2, 0.25) is 0 Å². The van der Waals surface area contributed by atoms with E-state index in [1.54, 1.807) is 6.21 Å². The Morgan fingerprint density at radius 2 is 1.91 bits per heavy atom. The van der Waals surface area contributed by atoms with E-state index in [9.17, 15) is 0 Å². The number of halogens is 2. The Hall–Kier alpha value is -1.59. The maximum Gasteiger partial charge on any atom is 0.147 e. The molecule has 0 fully saturated rings. The van der Waals surface area contributed by atoms with Crippen LogP contribution in [0.3, 0.4) is 0 Å². The average molecular weight is 397 g/mol. The quantitative estimate of drug-likeness (QED) is 0.584. The molecule has 2 heterocycles. The summed E-state index contributed by atoms with van der Waals surface area (Å²) in [4.78, 5) is 4.47. The zero-order valence-electron chi connectivity index (χ0n) is 12.7. The lowest BCUT2D eigenvalue weighted by molar-refractivity contribution is 0.574. The second-order valence-electron chi connectivity index (χ2n) is 5.22. The summed E-state index contributed by atoms with van der Waals surface area (Å²) in [6.07, 6.45) is 6.25. The van der Waals surface area contributed by atoms with Crippen molar-refractivity contribution >= 4 is 40.4 Å². The first-order chi connectivity index (χ1) is 10.8. The number of nitrogens with zero attached hydrogens (tertiary/aromatic N) is 2. The fourth-order valence-electron chi connectivity index (χ4n) is 2.33. The van der Waals surface area contributed by atoms with Gasteiger partial charge >= 0.3 is 0 Å². The number of amidine groups is 1. The van der Waals surface area contributed by atoms with Gasteiger partial charge in [0.15, 0.2) is 0 Å². The number of benzene rings is 1. The molecule has 1 aliphatic heterocycles. The molecular formula is C17H19BrClN3O. The molecule has 6 heteroatoms. The fourth-order valence-corrected chi connectivity index (χ4v) is 2.59. The SMILES string of the molecule is Brc1ccc(-c2ccc(C=NNC3=NCCCCC3)o2)cc1.Cl. The number of hydrazone groups is 1. The van der Waals surface area contributed by atoms with Crippen LogP contribution in [0.4, 0.5) is 0 Å². The molecule has 0 bridgehead atoms. The van der Waals surface area contributed by atoms with Crippen LogP contribution >= 0.6 is 28.3 Å². The van der Waals surface area contributed by atoms with E-state index in [4.69, 9.17) is 4.42 Å². The van der Waals surface area contributed by atoms with E-state index in [1.165, 1.54) is 19.3 Å². The van der Waals surface area contributed by atoms with Crippen LogP contribution in [0.5, 0.6) is 0 Å². The van der Waals surface area contributed by atoms with Crippen molar-refractivity contribution in [2.75, 3.05) is 6.54 Å². The van der Waals surface area contributed by atoms with Crippen LogP contribution in [-0.4, -0.2) is 18.6 Å². The van der Waals surface area contributed by atoms with Crippen LogP contribution in [0.15, 0.2) is 55.4 Å². The molecular weight excluding hydrogens is 378 g/mol. The van der Waals surface area contributed by atoms with Crippen molar-refractivity contribution in [2.45, 2.75) is 25.7 Å². The topological polar surface area (TPSA) is 49.9 Å². The van der Waals surface area contributed by atoms with Crippen molar-refractivity contribution in [3.05, 3.63) is 46.6 Å². The monoisotopic (exact) mass is 395 g/mol. The molecule has 23 heavy (non-hydrogen) atoms. The zero-order chi connectivity index (χ0) is 15.2. The second kappa shape index (κ2) is 8.89. The van der Waals surface area contributed by atoms with E-state index in [1.807, 2.05) is 36.4 Å². The van der Waals surface area contributed by atoms with E-state index in [0.717, 1.165) is 40.4 Å². The van der Waals surface area contributed by atoms with Gasteiger partial charge in [-0.1, -0.05) is 34.5 Å². The Kier molecular flexibility index (Phi) is 6.86. The van der Waals surface area contributed by atoms with Gasteiger partial charge in [0.1, 0.15) is 17.4 Å². The molecule has 0 atom stereocenters. The minimum absolute atomic E-state index is 0. The molecule has 0 spiro atoms. The number of aliphatic imine (C=N–C) groups is 1. The Bertz CT molecular complexity index is 679. The largest absolute Gasteiger partial charge is 0.455 e. The average Bonchev–Trinajstić information content (AvgIpc) is 2.84. The van der Waals surface area contributed by atoms with E-state index in [2.05, 4.69) is 31.4 Å². The normalized spacial score (nSPS) is 14.9. The number of hydrogen-bond acceptors (Lipinski definition) is 4. The summed E-state index contributed by atoms with van der Waals surface area (Å²) in [5.74, 6) is 2.52. The highest BCUT2D eigenvalue weighted by atomic mass is 79.9. The summed E-state index contributed by atoms with van der Waals surface area (Å²) >= 11 is 3.43. The summed E-state index contributed by atoms with van der Waals surface area (Å²) in [7, 11) is 0. The van der Waals surface area contributed by atoms with Crippen molar-refractivity contribution in [3.8, 4) is 11.3 Å². The van der Waals surface area contributed by atoms with E-state index in [-0.39, 0.29) is 12.4 Å². The molecule has 0 aliphatic carbocycles. The molecule has 2 aromatic rings. The molecule has 4 nitrogen and oxygen atoms in total. The highest BCUT2D eigenvalue weighted by molar-refractivity contribution is 9.10. The molecule has 122 valence electrons. The lowest BCUT2D eigenvalue weighted by Gasteiger charge is -2.01. The first kappa shape index (κ1) is 17.8. The smallest absolute Gasteiger partial charge is 0.147 e. The van der Waals surface area contributed by atoms with Gasteiger partial charge in [0.25, 0.3) is 0 Å². The van der Waals surface area contributed by atoms with Crippen molar-refractivity contribution in [1.29, 1.82) is 0 Å². The molecule has 1 aliphatic rings. The molecule has 0 amide bonds. The molecule has 1 aromatic carbocycles. The molecule has 0 saturated carbocycles. The van der Waals surface area contributed by atoms with Gasteiger partial charge in [0.05, 0.1) is 6.21 Å². The first-order valence-corrected chi connectivity index (χ1v) is 8.29. The van der Waals surface area contributed by atoms with Gasteiger partial charge in [-0.05, 0) is 37.1 Å². The summed E-state index contributed by atoms with van der Waals surface area (Å²) < 4.78 is 6.83. The molecule has 0 radical (unpaired) electrons. The summed E-state index contributed by atoms with van der Waals surface area (Å²) in [5.41, 5.74) is 4.07. The highest BCUT2D eigenvalue weighted by Crippen LogP contribution is 2.23. The Balaban J connectivity index is 0.00000192. The highest BCUT2D eigenvalue weighted by Gasteiger charge is 2.04. The fraction of sp³-hybridized carbons (Fsp3) is 0.294. The van der Waals surface area contributed by atoms with Crippen LogP contribution < -0.4 is 5.43 Å². The Morgan fingerprint density at radius 1 is 1.09 bits per heavy atom. The van der Waals surface area contributed by atoms with Gasteiger partial charge in [0, 0.05) is 23.0 Å². The maximum absolute atomic E-state index is 5.78. The van der Waals surface area contributed by atoms with Crippen LogP contribution in [0.1, 0.15) is 31.4 Å². The Labute approximate surface area is 150 Å². The van der Waals surface area contributed by atoms with Crippen LogP contribution in [0.25, 0.3) is 11.3 Å². The van der Waals surface area contributed by atoms with E-state index < -0.39 is 0 Å². The van der Waals surface area contributed by atoms with E-state index in [0.29, 0.717) is 0 Å². The van der Waals surface area contributed by atoms with Crippen molar-refractivity contribution in [3.63, 3.8) is 0 Å². The Morgan fingerprint density at radius 3 is 2.74 bits per heavy atom. The molecule has 0 saturated heterocycles. The third-order valence-corrected chi connectivity index (χ3v) is 4.04. The van der Waals surface area contributed by atoms with Crippen molar-refractivity contribution in [2.24, 2.45) is 10.1 Å². The lowest BCUT2D eigenvalue weighted by Crippen LogP contribution is -2.17.